The summed E-state index contributed by atoms with van der Waals surface area (Å²) in [5.41, 5.74) is 2.59. The highest BCUT2D eigenvalue weighted by atomic mass is 19.1. The van der Waals surface area contributed by atoms with Gasteiger partial charge in [0, 0.05) is 44.4 Å². The van der Waals surface area contributed by atoms with E-state index in [9.17, 15) is 13.9 Å². The highest BCUT2D eigenvalue weighted by Crippen LogP contribution is 2.42. The Hall–Kier alpha value is -3.16. The molecule has 0 spiro atoms. The van der Waals surface area contributed by atoms with Crippen molar-refractivity contribution in [1.82, 2.24) is 9.80 Å². The molecule has 5 rings (SSSR count). The lowest BCUT2D eigenvalue weighted by Crippen LogP contribution is -2.51. The number of nitrogens with zero attached hydrogens (tertiary/aromatic N) is 2. The molecule has 196 valence electrons. The van der Waals surface area contributed by atoms with Gasteiger partial charge in [0.2, 0.25) is 0 Å². The number of benzene rings is 3. The molecule has 3 aromatic carbocycles. The maximum atomic E-state index is 13.6. The minimum atomic E-state index is -0.271. The van der Waals surface area contributed by atoms with Crippen molar-refractivity contribution < 1.29 is 23.4 Å². The zero-order chi connectivity index (χ0) is 26.2. The van der Waals surface area contributed by atoms with Gasteiger partial charge in [-0.05, 0) is 46.9 Å². The van der Waals surface area contributed by atoms with Gasteiger partial charge in [-0.1, -0.05) is 45.0 Å². The minimum absolute atomic E-state index is 0.0759. The van der Waals surface area contributed by atoms with Crippen LogP contribution in [0.15, 0.2) is 60.7 Å². The van der Waals surface area contributed by atoms with Crippen LogP contribution < -0.4 is 9.47 Å². The largest absolute Gasteiger partial charge is 0.508 e. The van der Waals surface area contributed by atoms with Gasteiger partial charge in [-0.25, -0.2) is 8.78 Å². The summed E-state index contributed by atoms with van der Waals surface area (Å²) < 4.78 is 39.5. The molecule has 2 aliphatic heterocycles. The molecular formula is C30H34F2N2O3. The molecule has 5 nitrogen and oxygen atoms in total. The van der Waals surface area contributed by atoms with Gasteiger partial charge in [0.1, 0.15) is 30.1 Å². The lowest BCUT2D eigenvalue weighted by molar-refractivity contribution is 0.0350. The third kappa shape index (κ3) is 5.73. The standard InChI is InChI=1S/C30H34F2N2O3/c1-30(2,3)25-16-28-27(17-26(25)35)36-19-24(37-28)18-33-12-14-34(15-13-33)29(20-4-8-22(31)9-5-20)21-6-10-23(32)11-7-21/h4-11,16-17,24,29,35H,12-15,18-19H2,1-3H3. The molecule has 0 saturated carbocycles. The van der Waals surface area contributed by atoms with Crippen LogP contribution in [0.1, 0.15) is 43.5 Å². The van der Waals surface area contributed by atoms with Crippen LogP contribution in [0.5, 0.6) is 17.2 Å². The summed E-state index contributed by atoms with van der Waals surface area (Å²) in [6.45, 7) is 10.6. The molecule has 1 atom stereocenters. The fourth-order valence-electron chi connectivity index (χ4n) is 5.24. The molecule has 0 bridgehead atoms. The van der Waals surface area contributed by atoms with Crippen molar-refractivity contribution in [2.75, 3.05) is 39.3 Å². The van der Waals surface area contributed by atoms with Gasteiger partial charge in [-0.3, -0.25) is 9.80 Å². The molecule has 0 radical (unpaired) electrons. The first-order valence-electron chi connectivity index (χ1n) is 12.8. The summed E-state index contributed by atoms with van der Waals surface area (Å²) in [4.78, 5) is 4.73. The average Bonchev–Trinajstić information content (AvgIpc) is 2.86. The van der Waals surface area contributed by atoms with Crippen LogP contribution >= 0.6 is 0 Å². The second-order valence-corrected chi connectivity index (χ2v) is 11.0. The van der Waals surface area contributed by atoms with Crippen LogP contribution in [0, 0.1) is 11.6 Å². The van der Waals surface area contributed by atoms with Crippen LogP contribution in [0.3, 0.4) is 0 Å². The maximum Gasteiger partial charge on any atom is 0.165 e. The van der Waals surface area contributed by atoms with Crippen molar-refractivity contribution in [3.8, 4) is 17.2 Å². The monoisotopic (exact) mass is 508 g/mol. The van der Waals surface area contributed by atoms with Crippen molar-refractivity contribution >= 4 is 0 Å². The van der Waals surface area contributed by atoms with E-state index in [1.54, 1.807) is 6.07 Å². The molecule has 2 heterocycles. The average molecular weight is 509 g/mol. The van der Waals surface area contributed by atoms with E-state index in [2.05, 4.69) is 30.6 Å². The molecule has 3 aromatic rings. The summed E-state index contributed by atoms with van der Waals surface area (Å²) in [5, 5.41) is 10.4. The van der Waals surface area contributed by atoms with Crippen LogP contribution in [-0.2, 0) is 5.41 Å². The number of hydrogen-bond donors (Lipinski definition) is 1. The van der Waals surface area contributed by atoms with Gasteiger partial charge in [-0.2, -0.15) is 0 Å². The normalized spacial score (nSPS) is 18.8. The summed E-state index contributed by atoms with van der Waals surface area (Å²) in [5.74, 6) is 0.930. The molecule has 7 heteroatoms. The lowest BCUT2D eigenvalue weighted by atomic mass is 9.86. The van der Waals surface area contributed by atoms with Gasteiger partial charge in [0.25, 0.3) is 0 Å². The van der Waals surface area contributed by atoms with Crippen molar-refractivity contribution in [2.45, 2.75) is 38.3 Å². The number of phenolic OH excluding ortho intramolecular Hbond substituents is 1. The molecule has 0 aliphatic carbocycles. The SMILES string of the molecule is CC(C)(C)c1cc2c(cc1O)OCC(CN1CCN(C(c3ccc(F)cc3)c3ccc(F)cc3)CC1)O2. The molecular weight excluding hydrogens is 474 g/mol. The highest BCUT2D eigenvalue weighted by Gasteiger charge is 2.31. The Balaban J connectivity index is 1.25. The van der Waals surface area contributed by atoms with Gasteiger partial charge in [-0.15, -0.1) is 0 Å². The number of hydrogen-bond acceptors (Lipinski definition) is 5. The van der Waals surface area contributed by atoms with Crippen LogP contribution in [0.25, 0.3) is 0 Å². The number of rotatable bonds is 5. The number of aromatic hydroxyl groups is 1. The molecule has 0 aromatic heterocycles. The predicted molar refractivity (Wildman–Crippen MR) is 139 cm³/mol. The Kier molecular flexibility index (Phi) is 7.10. The molecule has 2 aliphatic rings. The van der Waals surface area contributed by atoms with Gasteiger partial charge < -0.3 is 14.6 Å². The number of halogens is 2. The smallest absolute Gasteiger partial charge is 0.165 e. The third-order valence-corrected chi connectivity index (χ3v) is 7.19. The second-order valence-electron chi connectivity index (χ2n) is 11.0. The molecule has 1 N–H and O–H groups in total. The van der Waals surface area contributed by atoms with Crippen molar-refractivity contribution in [3.63, 3.8) is 0 Å². The van der Waals surface area contributed by atoms with Crippen LogP contribution in [0.4, 0.5) is 8.78 Å². The Morgan fingerprint density at radius 3 is 1.97 bits per heavy atom. The number of phenols is 1. The Morgan fingerprint density at radius 2 is 1.43 bits per heavy atom. The maximum absolute atomic E-state index is 13.6. The van der Waals surface area contributed by atoms with E-state index in [4.69, 9.17) is 9.47 Å². The highest BCUT2D eigenvalue weighted by molar-refractivity contribution is 5.53. The topological polar surface area (TPSA) is 45.2 Å². The zero-order valence-electron chi connectivity index (χ0n) is 21.6. The fourth-order valence-corrected chi connectivity index (χ4v) is 5.24. The Labute approximate surface area is 217 Å². The second kappa shape index (κ2) is 10.3. The van der Waals surface area contributed by atoms with Gasteiger partial charge in [0.15, 0.2) is 11.5 Å². The quantitative estimate of drug-likeness (QED) is 0.492. The Bertz CT molecular complexity index is 1170. The number of ether oxygens (including phenoxy) is 2. The predicted octanol–water partition coefficient (Wildman–Crippen LogP) is 5.51. The molecule has 0 amide bonds. The van der Waals surface area contributed by atoms with Crippen LogP contribution in [-0.4, -0.2) is 60.3 Å². The molecule has 1 saturated heterocycles. The van der Waals surface area contributed by atoms with E-state index in [-0.39, 0.29) is 34.9 Å². The molecule has 1 fully saturated rings. The fraction of sp³-hybridized carbons (Fsp3) is 0.400. The number of piperazine rings is 1. The first kappa shape index (κ1) is 25.5. The summed E-state index contributed by atoms with van der Waals surface area (Å²) in [6.07, 6.45) is -0.110. The van der Waals surface area contributed by atoms with Crippen molar-refractivity contribution in [1.29, 1.82) is 0 Å². The van der Waals surface area contributed by atoms with E-state index >= 15 is 0 Å². The van der Waals surface area contributed by atoms with E-state index < -0.39 is 0 Å². The molecule has 1 unspecified atom stereocenters. The number of fused-ring (bicyclic) bond motifs is 1. The first-order valence-corrected chi connectivity index (χ1v) is 12.8. The summed E-state index contributed by atoms with van der Waals surface area (Å²) in [7, 11) is 0. The van der Waals surface area contributed by atoms with Gasteiger partial charge >= 0.3 is 0 Å². The van der Waals surface area contributed by atoms with E-state index in [0.29, 0.717) is 18.1 Å². The lowest BCUT2D eigenvalue weighted by Gasteiger charge is -2.41. The van der Waals surface area contributed by atoms with Gasteiger partial charge in [0.05, 0.1) is 6.04 Å². The molecule has 37 heavy (non-hydrogen) atoms. The zero-order valence-corrected chi connectivity index (χ0v) is 21.6. The van der Waals surface area contributed by atoms with Crippen LogP contribution in [0.2, 0.25) is 0 Å². The summed E-state index contributed by atoms with van der Waals surface area (Å²) >= 11 is 0. The van der Waals surface area contributed by atoms with Crippen molar-refractivity contribution in [3.05, 3.63) is 89.0 Å². The third-order valence-electron chi connectivity index (χ3n) is 7.19. The Morgan fingerprint density at radius 1 is 0.865 bits per heavy atom. The van der Waals surface area contributed by atoms with E-state index in [1.165, 1.54) is 24.3 Å². The van der Waals surface area contributed by atoms with Crippen molar-refractivity contribution in [2.24, 2.45) is 0 Å². The summed E-state index contributed by atoms with van der Waals surface area (Å²) in [6, 6.07) is 16.6. The van der Waals surface area contributed by atoms with E-state index in [0.717, 1.165) is 49.4 Å². The first-order chi connectivity index (χ1) is 17.7. The van der Waals surface area contributed by atoms with E-state index in [1.807, 2.05) is 30.3 Å². The minimum Gasteiger partial charge on any atom is -0.508 e.